The number of benzene rings is 2. The molecule has 70 heavy (non-hydrogen) atoms. The molecule has 15 N–H and O–H groups in total. The molecule has 0 unspecified atom stereocenters. The van der Waals surface area contributed by atoms with E-state index in [1.165, 1.54) is 36.1 Å². The van der Waals surface area contributed by atoms with E-state index in [0.29, 0.717) is 24.0 Å². The molecule has 0 radical (unpaired) electrons. The Bertz CT molecular complexity index is 2170. The number of aromatic hydroxyl groups is 1. The predicted octanol–water partition coefficient (Wildman–Crippen LogP) is -1.26. The van der Waals surface area contributed by atoms with Crippen molar-refractivity contribution in [3.05, 3.63) is 65.7 Å². The van der Waals surface area contributed by atoms with E-state index in [4.69, 9.17) is 22.3 Å². The van der Waals surface area contributed by atoms with Gasteiger partial charge in [-0.25, -0.2) is 4.79 Å². The van der Waals surface area contributed by atoms with E-state index in [2.05, 4.69) is 36.9 Å². The Morgan fingerprint density at radius 2 is 1.29 bits per heavy atom. The Hall–Kier alpha value is -7.30. The lowest BCUT2D eigenvalue weighted by Crippen LogP contribution is -2.61. The van der Waals surface area contributed by atoms with Crippen LogP contribution in [-0.4, -0.2) is 141 Å². The molecule has 1 aliphatic heterocycles. The smallest absolute Gasteiger partial charge is 0.326 e. The monoisotopic (exact) mass is 980 g/mol. The molecule has 23 heteroatoms. The highest BCUT2D eigenvalue weighted by atomic mass is 16.4. The third-order valence-electron chi connectivity index (χ3n) is 11.8. The Kier molecular flexibility index (Phi) is 22.5. The molecule has 1 saturated heterocycles. The molecule has 0 bridgehead atoms. The lowest BCUT2D eigenvalue weighted by atomic mass is 9.96. The van der Waals surface area contributed by atoms with Crippen molar-refractivity contribution in [2.45, 2.75) is 134 Å². The number of amides is 7. The quantitative estimate of drug-likeness (QED) is 0.0282. The molecule has 1 aliphatic rings. The average molecular weight is 980 g/mol. The highest BCUT2D eigenvalue weighted by molar-refractivity contribution is 5.98. The van der Waals surface area contributed by atoms with Crippen molar-refractivity contribution in [3.8, 4) is 5.75 Å². The zero-order chi connectivity index (χ0) is 52.2. The minimum atomic E-state index is -1.50. The number of hydrogen-bond donors (Lipinski definition) is 12. The van der Waals surface area contributed by atoms with Gasteiger partial charge < -0.3 is 69.3 Å². The molecule has 2 aromatic rings. The van der Waals surface area contributed by atoms with Crippen molar-refractivity contribution in [1.29, 1.82) is 0 Å². The van der Waals surface area contributed by atoms with Crippen molar-refractivity contribution in [1.82, 2.24) is 36.8 Å². The third-order valence-corrected chi connectivity index (χ3v) is 11.8. The van der Waals surface area contributed by atoms with Gasteiger partial charge in [0.2, 0.25) is 41.4 Å². The molecule has 0 aliphatic carbocycles. The lowest BCUT2D eigenvalue weighted by Gasteiger charge is -2.31. The summed E-state index contributed by atoms with van der Waals surface area (Å²) in [6.07, 6.45) is 0.358. The van der Waals surface area contributed by atoms with E-state index in [1.54, 1.807) is 58.0 Å². The third kappa shape index (κ3) is 18.0. The van der Waals surface area contributed by atoms with Gasteiger partial charge in [-0.3, -0.25) is 43.3 Å². The summed E-state index contributed by atoms with van der Waals surface area (Å²) in [5.41, 5.74) is 17.7. The number of aliphatic imine (C=N–C) groups is 1. The standard InChI is InChI=1S/C47H69N11O12/c1-6-26(4)38(44(67)52-27(5)45(68)58-21-11-15-35(58)42(65)55-34(46(69)70)23-28-12-8-7-9-13-28)57-41(64)33(22-29-16-18-30(59)19-17-29)54-43(66)37(25(2)3)56-40(63)32(14-10-20-51-47(49)50)53-39(62)31(48)24-36(60)61/h7-9,12-13,16-19,25-27,31-35,37-38,59H,6,10-11,14-15,20-24,48H2,1-5H3,(H,52,67)(H,53,62)(H,54,66)(H,55,65)(H,56,63)(H,57,64)(H,60,61)(H,69,70)(H4,49,50,51)/t26-,27-,31-,32-,33-,34-,35-,37-,38-/m0/s1. The topological polar surface area (TPSA) is 380 Å². The number of carbonyl (C=O) groups excluding carboxylic acids is 7. The van der Waals surface area contributed by atoms with Gasteiger partial charge in [0.15, 0.2) is 5.96 Å². The number of likely N-dealkylation sites (tertiary alicyclic amines) is 1. The van der Waals surface area contributed by atoms with Gasteiger partial charge in [-0.15, -0.1) is 0 Å². The Labute approximate surface area is 406 Å². The second-order valence-corrected chi connectivity index (χ2v) is 17.8. The molecular formula is C47H69N11O12. The van der Waals surface area contributed by atoms with Crippen LogP contribution in [0.3, 0.4) is 0 Å². The number of nitrogens with one attached hydrogen (secondary N) is 6. The summed E-state index contributed by atoms with van der Waals surface area (Å²) in [5.74, 6) is -9.40. The molecule has 3 rings (SSSR count). The fourth-order valence-corrected chi connectivity index (χ4v) is 7.65. The predicted molar refractivity (Wildman–Crippen MR) is 256 cm³/mol. The van der Waals surface area contributed by atoms with Crippen LogP contribution in [0.15, 0.2) is 59.6 Å². The minimum Gasteiger partial charge on any atom is -0.508 e. The number of phenolic OH excluding ortho intramolecular Hbond substituents is 1. The van der Waals surface area contributed by atoms with Crippen molar-refractivity contribution in [2.24, 2.45) is 34.0 Å². The zero-order valence-corrected chi connectivity index (χ0v) is 40.2. The Morgan fingerprint density at radius 1 is 0.714 bits per heavy atom. The number of nitrogens with zero attached hydrogens (tertiary/aromatic N) is 2. The number of guanidine groups is 1. The maximum absolute atomic E-state index is 14.3. The first-order valence-corrected chi connectivity index (χ1v) is 23.2. The molecule has 0 aromatic heterocycles. The van der Waals surface area contributed by atoms with Crippen LogP contribution >= 0.6 is 0 Å². The highest BCUT2D eigenvalue weighted by Gasteiger charge is 2.40. The van der Waals surface area contributed by atoms with Crippen LogP contribution in [0.5, 0.6) is 5.75 Å². The van der Waals surface area contributed by atoms with Gasteiger partial charge in [0.1, 0.15) is 48.0 Å². The summed E-state index contributed by atoms with van der Waals surface area (Å²) in [5, 5.41) is 44.6. The van der Waals surface area contributed by atoms with Crippen LogP contribution in [0.1, 0.15) is 84.3 Å². The number of rotatable bonds is 27. The first kappa shape index (κ1) is 57.0. The molecular weight excluding hydrogens is 911 g/mol. The van der Waals surface area contributed by atoms with Crippen LogP contribution in [0.4, 0.5) is 0 Å². The van der Waals surface area contributed by atoms with Crippen molar-refractivity contribution < 1.29 is 58.5 Å². The number of phenols is 1. The summed E-state index contributed by atoms with van der Waals surface area (Å²) in [6, 6.07) is 4.33. The first-order chi connectivity index (χ1) is 33.0. The van der Waals surface area contributed by atoms with Gasteiger partial charge in [0.25, 0.3) is 0 Å². The van der Waals surface area contributed by atoms with E-state index in [-0.39, 0.29) is 56.9 Å². The van der Waals surface area contributed by atoms with Crippen molar-refractivity contribution in [3.63, 3.8) is 0 Å². The number of carbonyl (C=O) groups is 9. The lowest BCUT2D eigenvalue weighted by molar-refractivity contribution is -0.145. The number of nitrogens with two attached hydrogens (primary N) is 3. The molecule has 9 atom stereocenters. The summed E-state index contributed by atoms with van der Waals surface area (Å²) in [6.45, 7) is 8.39. The van der Waals surface area contributed by atoms with E-state index in [1.807, 2.05) is 0 Å². The van der Waals surface area contributed by atoms with Gasteiger partial charge in [-0.1, -0.05) is 76.6 Å². The average Bonchev–Trinajstić information content (AvgIpc) is 3.80. The number of aliphatic carboxylic acids is 2. The Balaban J connectivity index is 1.82. The summed E-state index contributed by atoms with van der Waals surface area (Å²) in [4.78, 5) is 125. The van der Waals surface area contributed by atoms with E-state index >= 15 is 0 Å². The highest BCUT2D eigenvalue weighted by Crippen LogP contribution is 2.20. The molecule has 384 valence electrons. The number of carboxylic acids is 2. The summed E-state index contributed by atoms with van der Waals surface area (Å²) in [7, 11) is 0. The van der Waals surface area contributed by atoms with Gasteiger partial charge in [0.05, 0.1) is 12.5 Å². The number of carboxylic acid groups (broad SMARTS) is 2. The normalized spacial score (nSPS) is 16.7. The largest absolute Gasteiger partial charge is 0.508 e. The number of hydrogen-bond acceptors (Lipinski definition) is 12. The van der Waals surface area contributed by atoms with Crippen LogP contribution in [0.2, 0.25) is 0 Å². The molecule has 2 aromatic carbocycles. The molecule has 0 saturated carbocycles. The second kappa shape index (κ2) is 27.6. The van der Waals surface area contributed by atoms with Gasteiger partial charge in [0, 0.05) is 25.9 Å². The van der Waals surface area contributed by atoms with Crippen molar-refractivity contribution in [2.75, 3.05) is 13.1 Å². The van der Waals surface area contributed by atoms with E-state index in [0.717, 1.165) is 0 Å². The maximum atomic E-state index is 14.3. The van der Waals surface area contributed by atoms with E-state index < -0.39 is 120 Å². The summed E-state index contributed by atoms with van der Waals surface area (Å²) >= 11 is 0. The van der Waals surface area contributed by atoms with Crippen LogP contribution < -0.4 is 49.1 Å². The minimum absolute atomic E-state index is 0.0197. The maximum Gasteiger partial charge on any atom is 0.326 e. The zero-order valence-electron chi connectivity index (χ0n) is 40.2. The van der Waals surface area contributed by atoms with Gasteiger partial charge in [-0.2, -0.15) is 0 Å². The van der Waals surface area contributed by atoms with Gasteiger partial charge in [-0.05, 0) is 67.7 Å². The first-order valence-electron chi connectivity index (χ1n) is 23.2. The van der Waals surface area contributed by atoms with E-state index in [9.17, 15) is 53.4 Å². The van der Waals surface area contributed by atoms with Crippen LogP contribution in [-0.2, 0) is 56.0 Å². The SMILES string of the molecule is CC[C@H](C)[C@H](NC(=O)[C@H](Cc1ccc(O)cc1)NC(=O)[C@@H](NC(=O)[C@H](CCCN=C(N)N)NC(=O)[C@@H](N)CC(=O)O)C(C)C)C(=O)N[C@@H](C)C(=O)N1CCC[C@H]1C(=O)N[C@@H](Cc1ccccc1)C(=O)O. The fourth-order valence-electron chi connectivity index (χ4n) is 7.65. The molecule has 1 fully saturated rings. The van der Waals surface area contributed by atoms with Crippen LogP contribution in [0, 0.1) is 11.8 Å². The molecule has 1 heterocycles. The Morgan fingerprint density at radius 3 is 1.87 bits per heavy atom. The van der Waals surface area contributed by atoms with Crippen molar-refractivity contribution >= 4 is 59.2 Å². The second-order valence-electron chi connectivity index (χ2n) is 17.8. The van der Waals surface area contributed by atoms with Gasteiger partial charge >= 0.3 is 11.9 Å². The molecule has 23 nitrogen and oxygen atoms in total. The fraction of sp³-hybridized carbons (Fsp3) is 0.532. The van der Waals surface area contributed by atoms with Crippen LogP contribution in [0.25, 0.3) is 0 Å². The summed E-state index contributed by atoms with van der Waals surface area (Å²) < 4.78 is 0. The molecule has 0 spiro atoms. The molecule has 7 amide bonds.